The maximum absolute atomic E-state index is 10.6. The standard InChI is InChI=1S/C7H7Cl2NO2/c1-5-2-3-6(8)4-7(5,9)10(11)12/h2-5H,1H3. The second kappa shape index (κ2) is 3.07. The Labute approximate surface area is 79.8 Å². The third kappa shape index (κ3) is 1.47. The fourth-order valence-corrected chi connectivity index (χ4v) is 1.45. The van der Waals surface area contributed by atoms with E-state index in [0.717, 1.165) is 0 Å². The largest absolute Gasteiger partial charge is 0.321 e. The Morgan fingerprint density at radius 1 is 1.75 bits per heavy atom. The molecule has 0 aromatic heterocycles. The highest BCUT2D eigenvalue weighted by Crippen LogP contribution is 2.34. The van der Waals surface area contributed by atoms with E-state index in [1.807, 2.05) is 0 Å². The molecule has 1 aliphatic carbocycles. The van der Waals surface area contributed by atoms with E-state index < -0.39 is 9.92 Å². The molecule has 2 unspecified atom stereocenters. The van der Waals surface area contributed by atoms with Crippen molar-refractivity contribution in [1.29, 1.82) is 0 Å². The lowest BCUT2D eigenvalue weighted by Crippen LogP contribution is -2.37. The van der Waals surface area contributed by atoms with Gasteiger partial charge in [-0.05, 0) is 17.7 Å². The Morgan fingerprint density at radius 3 is 2.75 bits per heavy atom. The minimum Gasteiger partial charge on any atom is -0.262 e. The molecule has 0 aromatic rings. The summed E-state index contributed by atoms with van der Waals surface area (Å²) in [7, 11) is 0. The number of nitrogens with zero attached hydrogens (tertiary/aromatic N) is 1. The van der Waals surface area contributed by atoms with Crippen LogP contribution in [0.2, 0.25) is 0 Å². The zero-order chi connectivity index (χ0) is 9.35. The molecule has 5 heteroatoms. The topological polar surface area (TPSA) is 43.1 Å². The van der Waals surface area contributed by atoms with Crippen LogP contribution in [0.25, 0.3) is 0 Å². The molecular weight excluding hydrogens is 201 g/mol. The average molecular weight is 208 g/mol. The van der Waals surface area contributed by atoms with Gasteiger partial charge >= 0.3 is 5.00 Å². The van der Waals surface area contributed by atoms with Gasteiger partial charge in [-0.25, -0.2) is 0 Å². The van der Waals surface area contributed by atoms with Crippen LogP contribution in [0.15, 0.2) is 23.3 Å². The van der Waals surface area contributed by atoms with Crippen molar-refractivity contribution in [2.75, 3.05) is 0 Å². The van der Waals surface area contributed by atoms with Crippen LogP contribution in [0.4, 0.5) is 0 Å². The number of hydrogen-bond donors (Lipinski definition) is 0. The van der Waals surface area contributed by atoms with Crippen LogP contribution in [0.5, 0.6) is 0 Å². The van der Waals surface area contributed by atoms with E-state index >= 15 is 0 Å². The quantitative estimate of drug-likeness (QED) is 0.287. The van der Waals surface area contributed by atoms with Crippen LogP contribution in [0.3, 0.4) is 0 Å². The van der Waals surface area contributed by atoms with Crippen LogP contribution in [-0.4, -0.2) is 9.92 Å². The minimum atomic E-state index is -1.58. The van der Waals surface area contributed by atoms with Crippen LogP contribution >= 0.6 is 23.2 Å². The summed E-state index contributed by atoms with van der Waals surface area (Å²) in [4.78, 5) is 8.45. The molecule has 12 heavy (non-hydrogen) atoms. The summed E-state index contributed by atoms with van der Waals surface area (Å²) in [6.45, 7) is 1.67. The van der Waals surface area contributed by atoms with E-state index in [2.05, 4.69) is 0 Å². The molecule has 0 aliphatic heterocycles. The minimum absolute atomic E-state index is 0.305. The van der Waals surface area contributed by atoms with Gasteiger partial charge in [0, 0.05) is 16.0 Å². The van der Waals surface area contributed by atoms with Gasteiger partial charge in [0.25, 0.3) is 0 Å². The van der Waals surface area contributed by atoms with E-state index in [9.17, 15) is 10.1 Å². The summed E-state index contributed by atoms with van der Waals surface area (Å²) in [5.74, 6) is -0.350. The molecule has 0 heterocycles. The normalized spacial score (nSPS) is 34.6. The predicted molar refractivity (Wildman–Crippen MR) is 47.8 cm³/mol. The molecule has 0 fully saturated rings. The molecule has 0 radical (unpaired) electrons. The molecule has 66 valence electrons. The molecule has 1 rings (SSSR count). The van der Waals surface area contributed by atoms with Crippen LogP contribution < -0.4 is 0 Å². The van der Waals surface area contributed by atoms with Gasteiger partial charge in [0.1, 0.15) is 0 Å². The second-order valence-electron chi connectivity index (χ2n) is 2.66. The van der Waals surface area contributed by atoms with Crippen molar-refractivity contribution in [3.8, 4) is 0 Å². The molecule has 0 aromatic carbocycles. The van der Waals surface area contributed by atoms with Gasteiger partial charge in [0.15, 0.2) is 0 Å². The molecule has 0 saturated heterocycles. The summed E-state index contributed by atoms with van der Waals surface area (Å²) in [6.07, 6.45) is 4.48. The SMILES string of the molecule is CC1C=CC(Cl)=CC1(Cl)[N+](=O)[O-]. The van der Waals surface area contributed by atoms with Gasteiger partial charge in [-0.15, -0.1) is 0 Å². The third-order valence-corrected chi connectivity index (χ3v) is 2.63. The fraction of sp³-hybridized carbons (Fsp3) is 0.429. The van der Waals surface area contributed by atoms with E-state index in [4.69, 9.17) is 23.2 Å². The zero-order valence-electron chi connectivity index (χ0n) is 6.33. The highest BCUT2D eigenvalue weighted by Gasteiger charge is 2.44. The van der Waals surface area contributed by atoms with E-state index in [0.29, 0.717) is 5.03 Å². The van der Waals surface area contributed by atoms with Crippen molar-refractivity contribution < 1.29 is 4.92 Å². The number of halogens is 2. The average Bonchev–Trinajstić information content (AvgIpc) is 1.97. The number of rotatable bonds is 1. The Bertz CT molecular complexity index is 275. The Balaban J connectivity index is 3.05. The van der Waals surface area contributed by atoms with Crippen molar-refractivity contribution in [3.63, 3.8) is 0 Å². The summed E-state index contributed by atoms with van der Waals surface area (Å²) in [5.41, 5.74) is 0. The molecule has 0 saturated carbocycles. The maximum Gasteiger partial charge on any atom is 0.321 e. The van der Waals surface area contributed by atoms with Crippen LogP contribution in [0, 0.1) is 16.0 Å². The van der Waals surface area contributed by atoms with Gasteiger partial charge in [-0.2, -0.15) is 0 Å². The van der Waals surface area contributed by atoms with Gasteiger partial charge in [-0.3, -0.25) is 10.1 Å². The first-order valence-corrected chi connectivity index (χ1v) is 4.12. The lowest BCUT2D eigenvalue weighted by molar-refractivity contribution is -0.534. The highest BCUT2D eigenvalue weighted by molar-refractivity contribution is 6.33. The predicted octanol–water partition coefficient (Wildman–Crippen LogP) is 2.53. The van der Waals surface area contributed by atoms with Crippen molar-refractivity contribution >= 4 is 23.2 Å². The summed E-state index contributed by atoms with van der Waals surface area (Å²) >= 11 is 11.3. The molecule has 0 amide bonds. The van der Waals surface area contributed by atoms with Gasteiger partial charge < -0.3 is 0 Å². The first kappa shape index (κ1) is 9.55. The molecule has 0 spiro atoms. The Hall–Kier alpha value is -0.540. The lowest BCUT2D eigenvalue weighted by Gasteiger charge is -2.21. The highest BCUT2D eigenvalue weighted by atomic mass is 35.5. The molecule has 0 bridgehead atoms. The molecule has 0 N–H and O–H groups in total. The molecule has 3 nitrogen and oxygen atoms in total. The van der Waals surface area contributed by atoms with E-state index in [-0.39, 0.29) is 5.92 Å². The van der Waals surface area contributed by atoms with E-state index in [1.54, 1.807) is 19.1 Å². The maximum atomic E-state index is 10.6. The van der Waals surface area contributed by atoms with Crippen LogP contribution in [-0.2, 0) is 0 Å². The van der Waals surface area contributed by atoms with Crippen LogP contribution in [0.1, 0.15) is 6.92 Å². The first-order chi connectivity index (χ1) is 5.47. The smallest absolute Gasteiger partial charge is 0.262 e. The van der Waals surface area contributed by atoms with Gasteiger partial charge in [0.2, 0.25) is 0 Å². The number of allylic oxidation sites excluding steroid dienone is 2. The molecular formula is C7H7Cl2NO2. The first-order valence-electron chi connectivity index (χ1n) is 3.37. The number of hydrogen-bond acceptors (Lipinski definition) is 2. The van der Waals surface area contributed by atoms with Crippen molar-refractivity contribution in [2.24, 2.45) is 5.92 Å². The lowest BCUT2D eigenvalue weighted by atomic mass is 9.97. The monoisotopic (exact) mass is 207 g/mol. The Morgan fingerprint density at radius 2 is 2.33 bits per heavy atom. The Kier molecular flexibility index (Phi) is 2.44. The van der Waals surface area contributed by atoms with Gasteiger partial charge in [0.05, 0.1) is 5.92 Å². The summed E-state index contributed by atoms with van der Waals surface area (Å²) < 4.78 is 0. The molecule has 2 atom stereocenters. The zero-order valence-corrected chi connectivity index (χ0v) is 7.84. The summed E-state index contributed by atoms with van der Waals surface area (Å²) in [5, 5.41) is 10.9. The molecule has 1 aliphatic rings. The van der Waals surface area contributed by atoms with Crippen molar-refractivity contribution in [3.05, 3.63) is 33.4 Å². The van der Waals surface area contributed by atoms with Crippen molar-refractivity contribution in [1.82, 2.24) is 0 Å². The number of alkyl halides is 1. The van der Waals surface area contributed by atoms with Crippen molar-refractivity contribution in [2.45, 2.75) is 11.9 Å². The summed E-state index contributed by atoms with van der Waals surface area (Å²) in [6, 6.07) is 0. The van der Waals surface area contributed by atoms with E-state index in [1.165, 1.54) is 6.08 Å². The fourth-order valence-electron chi connectivity index (χ4n) is 0.963. The second-order valence-corrected chi connectivity index (χ2v) is 3.70. The number of nitro groups is 1. The van der Waals surface area contributed by atoms with Gasteiger partial charge in [-0.1, -0.05) is 24.6 Å². The third-order valence-electron chi connectivity index (χ3n) is 1.80.